The highest BCUT2D eigenvalue weighted by Gasteiger charge is 2.36. The standard InChI is InChI=1S/C7H4F4N2O4/c8-5-3(2-14)12-1-4(6(5)13(15)16)17-7(9,10)11/h1,14H,2H2. The topological polar surface area (TPSA) is 85.5 Å². The van der Waals surface area contributed by atoms with E-state index in [-0.39, 0.29) is 0 Å². The third kappa shape index (κ3) is 3.00. The summed E-state index contributed by atoms with van der Waals surface area (Å²) in [6.07, 6.45) is -4.89. The second kappa shape index (κ2) is 4.49. The predicted octanol–water partition coefficient (Wildman–Crippen LogP) is 1.52. The van der Waals surface area contributed by atoms with Gasteiger partial charge in [-0.05, 0) is 0 Å². The van der Waals surface area contributed by atoms with Crippen molar-refractivity contribution in [3.8, 4) is 5.75 Å². The molecule has 10 heteroatoms. The number of nitro groups is 1. The minimum atomic E-state index is -5.21. The molecule has 1 aromatic heterocycles. The number of nitrogens with zero attached hydrogens (tertiary/aromatic N) is 2. The zero-order valence-electron chi connectivity index (χ0n) is 7.86. The van der Waals surface area contributed by atoms with Crippen LogP contribution in [0.4, 0.5) is 23.2 Å². The lowest BCUT2D eigenvalue weighted by atomic mass is 10.3. The Hall–Kier alpha value is -1.97. The quantitative estimate of drug-likeness (QED) is 0.503. The number of ether oxygens (including phenoxy) is 1. The van der Waals surface area contributed by atoms with Crippen LogP contribution in [0, 0.1) is 15.9 Å². The van der Waals surface area contributed by atoms with E-state index in [9.17, 15) is 27.7 Å². The lowest BCUT2D eigenvalue weighted by molar-refractivity contribution is -0.391. The first kappa shape index (κ1) is 13.1. The zero-order valence-corrected chi connectivity index (χ0v) is 7.86. The molecule has 1 N–H and O–H groups in total. The van der Waals surface area contributed by atoms with Crippen molar-refractivity contribution in [2.45, 2.75) is 13.0 Å². The molecule has 0 unspecified atom stereocenters. The van der Waals surface area contributed by atoms with Crippen molar-refractivity contribution in [1.29, 1.82) is 0 Å². The smallest absolute Gasteiger partial charge is 0.397 e. The van der Waals surface area contributed by atoms with Gasteiger partial charge in [-0.3, -0.25) is 15.1 Å². The van der Waals surface area contributed by atoms with Crippen molar-refractivity contribution >= 4 is 5.69 Å². The Balaban J connectivity index is 3.32. The first-order valence-corrected chi connectivity index (χ1v) is 3.94. The minimum absolute atomic E-state index is 0.320. The van der Waals surface area contributed by atoms with Crippen molar-refractivity contribution in [1.82, 2.24) is 4.98 Å². The summed E-state index contributed by atoms with van der Waals surface area (Å²) in [5, 5.41) is 19.0. The molecule has 0 amide bonds. The van der Waals surface area contributed by atoms with Crippen LogP contribution in [0.1, 0.15) is 5.69 Å². The molecule has 0 saturated heterocycles. The minimum Gasteiger partial charge on any atom is -0.397 e. The average molecular weight is 256 g/mol. The average Bonchev–Trinajstić information content (AvgIpc) is 2.14. The van der Waals surface area contributed by atoms with Crippen molar-refractivity contribution in [2.75, 3.05) is 0 Å². The third-order valence-electron chi connectivity index (χ3n) is 1.59. The van der Waals surface area contributed by atoms with Crippen LogP contribution in [0.3, 0.4) is 0 Å². The summed E-state index contributed by atoms with van der Waals surface area (Å²) in [6, 6.07) is 0. The summed E-state index contributed by atoms with van der Waals surface area (Å²) in [7, 11) is 0. The van der Waals surface area contributed by atoms with Crippen LogP contribution in [0.25, 0.3) is 0 Å². The number of aliphatic hydroxyl groups excluding tert-OH is 1. The lowest BCUT2D eigenvalue weighted by Gasteiger charge is -2.09. The Morgan fingerprint density at radius 2 is 2.12 bits per heavy atom. The van der Waals surface area contributed by atoms with Crippen LogP contribution in [0.5, 0.6) is 5.75 Å². The molecule has 0 aromatic carbocycles. The van der Waals surface area contributed by atoms with E-state index in [2.05, 4.69) is 9.72 Å². The van der Waals surface area contributed by atoms with E-state index >= 15 is 0 Å². The molecule has 0 aliphatic carbocycles. The van der Waals surface area contributed by atoms with Gasteiger partial charge >= 0.3 is 12.0 Å². The number of hydrogen-bond donors (Lipinski definition) is 1. The molecule has 0 atom stereocenters. The fourth-order valence-electron chi connectivity index (χ4n) is 0.979. The molecule has 0 saturated carbocycles. The normalized spacial score (nSPS) is 11.4. The molecule has 1 rings (SSSR count). The summed E-state index contributed by atoms with van der Waals surface area (Å²) in [6.45, 7) is -0.987. The molecule has 1 heterocycles. The largest absolute Gasteiger partial charge is 0.573 e. The Labute approximate surface area is 90.6 Å². The molecule has 0 aliphatic heterocycles. The second-order valence-electron chi connectivity index (χ2n) is 2.69. The summed E-state index contributed by atoms with van der Waals surface area (Å²) in [5.41, 5.74) is -2.27. The SMILES string of the molecule is O=[N+]([O-])c1c(OC(F)(F)F)cnc(CO)c1F. The lowest BCUT2D eigenvalue weighted by Crippen LogP contribution is -2.19. The Morgan fingerprint density at radius 1 is 1.53 bits per heavy atom. The van der Waals surface area contributed by atoms with Crippen molar-refractivity contribution in [3.63, 3.8) is 0 Å². The van der Waals surface area contributed by atoms with Crippen LogP contribution in [-0.2, 0) is 6.61 Å². The molecule has 0 bridgehead atoms. The van der Waals surface area contributed by atoms with E-state index < -0.39 is 40.8 Å². The summed E-state index contributed by atoms with van der Waals surface area (Å²) < 4.78 is 52.1. The van der Waals surface area contributed by atoms with Crippen molar-refractivity contribution < 1.29 is 32.3 Å². The van der Waals surface area contributed by atoms with Crippen LogP contribution < -0.4 is 4.74 Å². The molecule has 0 radical (unpaired) electrons. The number of hydrogen-bond acceptors (Lipinski definition) is 5. The molecule has 1 aromatic rings. The number of halogens is 4. The van der Waals surface area contributed by atoms with Gasteiger partial charge < -0.3 is 9.84 Å². The summed E-state index contributed by atoms with van der Waals surface area (Å²) in [4.78, 5) is 12.1. The van der Waals surface area contributed by atoms with Gasteiger partial charge in [-0.2, -0.15) is 4.39 Å². The molecule has 0 aliphatic rings. The van der Waals surface area contributed by atoms with E-state index in [4.69, 9.17) is 5.11 Å². The van der Waals surface area contributed by atoms with Gasteiger partial charge in [0.25, 0.3) is 0 Å². The summed E-state index contributed by atoms with van der Waals surface area (Å²) in [5.74, 6) is -3.04. The number of aliphatic hydroxyl groups is 1. The molecule has 17 heavy (non-hydrogen) atoms. The monoisotopic (exact) mass is 256 g/mol. The van der Waals surface area contributed by atoms with E-state index in [1.54, 1.807) is 0 Å². The van der Waals surface area contributed by atoms with Gasteiger partial charge in [0.15, 0.2) is 0 Å². The molecule has 0 spiro atoms. The van der Waals surface area contributed by atoms with Gasteiger partial charge in [0.2, 0.25) is 11.6 Å². The van der Waals surface area contributed by atoms with Crippen molar-refractivity contribution in [3.05, 3.63) is 27.8 Å². The maximum absolute atomic E-state index is 13.2. The highest BCUT2D eigenvalue weighted by Crippen LogP contribution is 2.34. The number of aromatic nitrogens is 1. The molecular formula is C7H4F4N2O4. The Morgan fingerprint density at radius 3 is 2.53 bits per heavy atom. The highest BCUT2D eigenvalue weighted by molar-refractivity contribution is 5.47. The second-order valence-corrected chi connectivity index (χ2v) is 2.69. The van der Waals surface area contributed by atoms with Gasteiger partial charge in [0.1, 0.15) is 5.69 Å². The highest BCUT2D eigenvalue weighted by atomic mass is 19.4. The first-order valence-electron chi connectivity index (χ1n) is 3.94. The van der Waals surface area contributed by atoms with Crippen LogP contribution >= 0.6 is 0 Å². The molecule has 6 nitrogen and oxygen atoms in total. The predicted molar refractivity (Wildman–Crippen MR) is 43.5 cm³/mol. The molecular weight excluding hydrogens is 252 g/mol. The molecule has 94 valence electrons. The number of alkyl halides is 3. The van der Waals surface area contributed by atoms with Crippen LogP contribution in [0.2, 0.25) is 0 Å². The molecule has 0 fully saturated rings. The maximum Gasteiger partial charge on any atom is 0.573 e. The fourth-order valence-corrected chi connectivity index (χ4v) is 0.979. The Bertz CT molecular complexity index is 448. The van der Waals surface area contributed by atoms with Crippen LogP contribution in [0.15, 0.2) is 6.20 Å². The third-order valence-corrected chi connectivity index (χ3v) is 1.59. The fraction of sp³-hybridized carbons (Fsp3) is 0.286. The van der Waals surface area contributed by atoms with E-state index in [1.165, 1.54) is 0 Å². The van der Waals surface area contributed by atoms with E-state index in [1.807, 2.05) is 0 Å². The van der Waals surface area contributed by atoms with Gasteiger partial charge in [-0.15, -0.1) is 13.2 Å². The van der Waals surface area contributed by atoms with Gasteiger partial charge in [0, 0.05) is 0 Å². The van der Waals surface area contributed by atoms with Gasteiger partial charge in [-0.25, -0.2) is 0 Å². The summed E-state index contributed by atoms with van der Waals surface area (Å²) >= 11 is 0. The zero-order chi connectivity index (χ0) is 13.2. The maximum atomic E-state index is 13.2. The van der Waals surface area contributed by atoms with Crippen LogP contribution in [-0.4, -0.2) is 21.4 Å². The Kier molecular flexibility index (Phi) is 3.46. The van der Waals surface area contributed by atoms with Crippen molar-refractivity contribution in [2.24, 2.45) is 0 Å². The van der Waals surface area contributed by atoms with E-state index in [0.717, 1.165) is 0 Å². The van der Waals surface area contributed by atoms with E-state index in [0.29, 0.717) is 6.20 Å². The van der Waals surface area contributed by atoms with Gasteiger partial charge in [0.05, 0.1) is 17.7 Å². The number of rotatable bonds is 3. The van der Waals surface area contributed by atoms with Gasteiger partial charge in [-0.1, -0.05) is 0 Å². The first-order chi connectivity index (χ1) is 7.76. The number of pyridine rings is 1.